The maximum Gasteiger partial charge on any atom is 0.522 e. The number of ether oxygens (including phenoxy) is 6. The number of rotatable bonds is 26. The van der Waals surface area contributed by atoms with Crippen molar-refractivity contribution in [1.82, 2.24) is 0 Å². The summed E-state index contributed by atoms with van der Waals surface area (Å²) in [4.78, 5) is 38.0. The Morgan fingerprint density at radius 1 is 0.489 bits per heavy atom. The zero-order valence-corrected chi connectivity index (χ0v) is 25.7. The van der Waals surface area contributed by atoms with Gasteiger partial charge < -0.3 is 14.2 Å². The van der Waals surface area contributed by atoms with Crippen LogP contribution in [0, 0.1) is 24.2 Å². The molecule has 18 heteroatoms. The molecule has 0 aromatic rings. The minimum Gasteiger partial charge on any atom is -0.466 e. The van der Waals surface area contributed by atoms with Crippen LogP contribution in [-0.4, -0.2) is 76.6 Å². The van der Waals surface area contributed by atoms with Gasteiger partial charge in [0.15, 0.2) is 0 Å². The number of unbranched alkanes of at least 4 members (excludes halogenated alkanes) is 9. The van der Waals surface area contributed by atoms with Crippen molar-refractivity contribution in [2.75, 3.05) is 39.6 Å². The molecule has 0 spiro atoms. The molecule has 0 N–H and O–H groups in total. The van der Waals surface area contributed by atoms with Crippen LogP contribution in [0.3, 0.4) is 0 Å². The molecule has 0 amide bonds. The van der Waals surface area contributed by atoms with Crippen molar-refractivity contribution in [3.63, 3.8) is 0 Å². The maximum absolute atomic E-state index is 12.9. The fourth-order valence-electron chi connectivity index (χ4n) is 3.89. The zero-order chi connectivity index (χ0) is 35.8. The molecule has 0 fully saturated rings. The van der Waals surface area contributed by atoms with Gasteiger partial charge in [0.05, 0.1) is 52.0 Å². The van der Waals surface area contributed by atoms with Gasteiger partial charge in [-0.2, -0.15) is 0 Å². The Morgan fingerprint density at radius 2 is 0.809 bits per heavy atom. The van der Waals surface area contributed by atoms with Gasteiger partial charge in [-0.3, -0.25) is 28.6 Å². The van der Waals surface area contributed by atoms with Crippen molar-refractivity contribution in [3.8, 4) is 12.3 Å². The van der Waals surface area contributed by atoms with Crippen LogP contribution in [-0.2, 0) is 42.8 Å². The summed E-state index contributed by atoms with van der Waals surface area (Å²) in [7, 11) is 0. The first kappa shape index (κ1) is 44.2. The van der Waals surface area contributed by atoms with Gasteiger partial charge in [0, 0.05) is 0 Å². The van der Waals surface area contributed by atoms with E-state index in [0.29, 0.717) is 44.9 Å². The Kier molecular flexibility index (Phi) is 22.9. The van der Waals surface area contributed by atoms with Crippen LogP contribution in [0.4, 0.5) is 39.5 Å². The van der Waals surface area contributed by atoms with Crippen LogP contribution < -0.4 is 0 Å². The standard InChI is InChI=1S/C29H41F9O9/c1-2-22(25(40)43-16-10-4-7-13-19-46-28(33,34)35)23(26(41)44-17-11-5-8-14-20-47-29(36,37)38)21-24(39)42-15-9-3-6-12-18-45-27(30,31)32/h1,22-23H,3-21H2. The molecule has 9 nitrogen and oxygen atoms in total. The summed E-state index contributed by atoms with van der Waals surface area (Å²) in [5, 5.41) is 0. The number of halogens is 9. The number of alkyl halides is 9. The minimum absolute atomic E-state index is 0.107. The van der Waals surface area contributed by atoms with Crippen LogP contribution in [0.5, 0.6) is 0 Å². The summed E-state index contributed by atoms with van der Waals surface area (Å²) in [5.74, 6) is -3.92. The van der Waals surface area contributed by atoms with Gasteiger partial charge in [-0.25, -0.2) is 0 Å². The van der Waals surface area contributed by atoms with Gasteiger partial charge in [0.1, 0.15) is 5.92 Å². The van der Waals surface area contributed by atoms with Gasteiger partial charge in [0.25, 0.3) is 0 Å². The lowest BCUT2D eigenvalue weighted by molar-refractivity contribution is -0.325. The zero-order valence-electron chi connectivity index (χ0n) is 25.7. The summed E-state index contributed by atoms with van der Waals surface area (Å²) in [6.07, 6.45) is -5.96. The van der Waals surface area contributed by atoms with Crippen molar-refractivity contribution >= 4 is 17.9 Å². The van der Waals surface area contributed by atoms with Crippen molar-refractivity contribution in [2.24, 2.45) is 11.8 Å². The second-order valence-electron chi connectivity index (χ2n) is 10.1. The van der Waals surface area contributed by atoms with E-state index >= 15 is 0 Å². The molecule has 2 unspecified atom stereocenters. The van der Waals surface area contributed by atoms with E-state index in [2.05, 4.69) is 20.1 Å². The monoisotopic (exact) mass is 704 g/mol. The third-order valence-corrected chi connectivity index (χ3v) is 6.19. The van der Waals surface area contributed by atoms with E-state index in [9.17, 15) is 53.9 Å². The van der Waals surface area contributed by atoms with E-state index in [1.54, 1.807) is 0 Å². The maximum atomic E-state index is 12.9. The fraction of sp³-hybridized carbons (Fsp3) is 0.828. The Balaban J connectivity index is 4.84. The highest BCUT2D eigenvalue weighted by atomic mass is 19.4. The molecular formula is C29H41F9O9. The Hall–Kier alpha value is -2.78. The van der Waals surface area contributed by atoms with E-state index in [-0.39, 0.29) is 51.9 Å². The van der Waals surface area contributed by atoms with Crippen molar-refractivity contribution in [2.45, 2.75) is 103 Å². The van der Waals surface area contributed by atoms with Crippen molar-refractivity contribution < 1.29 is 82.3 Å². The topological polar surface area (TPSA) is 107 Å². The summed E-state index contributed by atoms with van der Waals surface area (Å²) >= 11 is 0. The average molecular weight is 705 g/mol. The summed E-state index contributed by atoms with van der Waals surface area (Å²) < 4.78 is 134. The van der Waals surface area contributed by atoms with E-state index in [1.807, 2.05) is 0 Å². The molecule has 2 atom stereocenters. The lowest BCUT2D eigenvalue weighted by Gasteiger charge is -2.20. The minimum atomic E-state index is -4.73. The third-order valence-electron chi connectivity index (χ3n) is 6.19. The fourth-order valence-corrected chi connectivity index (χ4v) is 3.89. The van der Waals surface area contributed by atoms with E-state index in [4.69, 9.17) is 20.6 Å². The molecule has 0 rings (SSSR count). The van der Waals surface area contributed by atoms with Crippen molar-refractivity contribution in [1.29, 1.82) is 0 Å². The highest BCUT2D eigenvalue weighted by molar-refractivity contribution is 5.87. The largest absolute Gasteiger partial charge is 0.522 e. The number of hydrogen-bond donors (Lipinski definition) is 0. The highest BCUT2D eigenvalue weighted by Gasteiger charge is 2.37. The quantitative estimate of drug-likeness (QED) is 0.0305. The average Bonchev–Trinajstić information content (AvgIpc) is 2.95. The van der Waals surface area contributed by atoms with Crippen LogP contribution in [0.25, 0.3) is 0 Å². The van der Waals surface area contributed by atoms with Gasteiger partial charge in [-0.15, -0.1) is 45.9 Å². The first-order chi connectivity index (χ1) is 21.9. The van der Waals surface area contributed by atoms with E-state index in [1.165, 1.54) is 0 Å². The molecule has 0 radical (unpaired) electrons. The summed E-state index contributed by atoms with van der Waals surface area (Å²) in [5.41, 5.74) is 0. The molecule has 0 aromatic heterocycles. The Labute approximate surface area is 267 Å². The van der Waals surface area contributed by atoms with Gasteiger partial charge in [-0.1, -0.05) is 25.2 Å². The number of hydrogen-bond acceptors (Lipinski definition) is 9. The highest BCUT2D eigenvalue weighted by Crippen LogP contribution is 2.22. The lowest BCUT2D eigenvalue weighted by Crippen LogP contribution is -2.34. The molecule has 0 bridgehead atoms. The number of carbonyl (C=O) groups excluding carboxylic acids is 3. The summed E-state index contributed by atoms with van der Waals surface area (Å²) in [6.45, 7) is -2.05. The van der Waals surface area contributed by atoms with Gasteiger partial charge >= 0.3 is 37.0 Å². The molecule has 0 saturated heterocycles. The smallest absolute Gasteiger partial charge is 0.466 e. The van der Waals surface area contributed by atoms with Crippen LogP contribution in [0.1, 0.15) is 83.5 Å². The molecule has 0 saturated carbocycles. The molecule has 0 heterocycles. The lowest BCUT2D eigenvalue weighted by atomic mass is 9.90. The second-order valence-corrected chi connectivity index (χ2v) is 10.1. The van der Waals surface area contributed by atoms with Crippen LogP contribution >= 0.6 is 0 Å². The molecule has 274 valence electrons. The van der Waals surface area contributed by atoms with Gasteiger partial charge in [-0.05, 0) is 57.8 Å². The van der Waals surface area contributed by atoms with Crippen LogP contribution in [0.15, 0.2) is 0 Å². The second kappa shape index (κ2) is 24.4. The predicted octanol–water partition coefficient (Wildman–Crippen LogP) is 7.16. The molecule has 0 aliphatic rings. The SMILES string of the molecule is C#CC(C(=O)OCCCCCCOC(F)(F)F)C(CC(=O)OCCCCCCOC(F)(F)F)C(=O)OCCCCCCOC(F)(F)F. The molecule has 47 heavy (non-hydrogen) atoms. The first-order valence-corrected chi connectivity index (χ1v) is 15.0. The number of carbonyl (C=O) groups is 3. The van der Waals surface area contributed by atoms with Crippen LogP contribution in [0.2, 0.25) is 0 Å². The molecule has 0 aromatic carbocycles. The molecule has 0 aliphatic carbocycles. The molecule has 0 aliphatic heterocycles. The third kappa shape index (κ3) is 28.0. The summed E-state index contributed by atoms with van der Waals surface area (Å²) in [6, 6.07) is 0. The Morgan fingerprint density at radius 3 is 1.15 bits per heavy atom. The normalized spacial score (nSPS) is 13.4. The number of esters is 3. The van der Waals surface area contributed by atoms with E-state index < -0.39 is 75.1 Å². The van der Waals surface area contributed by atoms with Gasteiger partial charge in [0.2, 0.25) is 0 Å². The Bertz CT molecular complexity index is 917. The van der Waals surface area contributed by atoms with Crippen molar-refractivity contribution in [3.05, 3.63) is 0 Å². The first-order valence-electron chi connectivity index (χ1n) is 15.0. The van der Waals surface area contributed by atoms with E-state index in [0.717, 1.165) is 0 Å². The molecular weight excluding hydrogens is 663 g/mol. The number of terminal acetylenes is 1. The predicted molar refractivity (Wildman–Crippen MR) is 145 cm³/mol.